The standard InChI is InChI=1S/C15H18N4O2.ClH/c20-12-8-13(16-10-12)15(21)17-9-11-4-1-2-5-14(11)19-7-3-6-18-19;/h1-7,12-13,16,20H,8-10H2,(H,17,21);1H. The first-order valence-electron chi connectivity index (χ1n) is 7.01. The number of rotatable bonds is 4. The van der Waals surface area contributed by atoms with Crippen molar-refractivity contribution in [1.82, 2.24) is 20.4 Å². The molecule has 0 saturated carbocycles. The highest BCUT2D eigenvalue weighted by atomic mass is 35.5. The van der Waals surface area contributed by atoms with E-state index in [2.05, 4.69) is 15.7 Å². The van der Waals surface area contributed by atoms with Crippen LogP contribution in [-0.2, 0) is 11.3 Å². The van der Waals surface area contributed by atoms with Crippen LogP contribution >= 0.6 is 12.4 Å². The molecule has 0 bridgehead atoms. The predicted molar refractivity (Wildman–Crippen MR) is 85.1 cm³/mol. The number of aliphatic hydroxyl groups is 1. The van der Waals surface area contributed by atoms with Crippen LogP contribution in [0, 0.1) is 0 Å². The molecule has 0 aliphatic carbocycles. The zero-order valence-corrected chi connectivity index (χ0v) is 12.8. The van der Waals surface area contributed by atoms with Gasteiger partial charge in [0.25, 0.3) is 0 Å². The van der Waals surface area contributed by atoms with Gasteiger partial charge in [-0.15, -0.1) is 12.4 Å². The van der Waals surface area contributed by atoms with Gasteiger partial charge in [0.1, 0.15) is 0 Å². The Morgan fingerprint density at radius 2 is 2.23 bits per heavy atom. The van der Waals surface area contributed by atoms with Crippen molar-refractivity contribution < 1.29 is 9.90 Å². The second-order valence-corrected chi connectivity index (χ2v) is 5.15. The Balaban J connectivity index is 0.00000176. The molecule has 3 rings (SSSR count). The zero-order valence-electron chi connectivity index (χ0n) is 12.0. The predicted octanol–water partition coefficient (Wildman–Crippen LogP) is 0.633. The third-order valence-electron chi connectivity index (χ3n) is 3.62. The lowest BCUT2D eigenvalue weighted by atomic mass is 10.1. The number of aromatic nitrogens is 2. The van der Waals surface area contributed by atoms with E-state index >= 15 is 0 Å². The van der Waals surface area contributed by atoms with Crippen LogP contribution in [0.1, 0.15) is 12.0 Å². The number of hydrogen-bond donors (Lipinski definition) is 3. The first-order chi connectivity index (χ1) is 10.2. The Labute approximate surface area is 134 Å². The van der Waals surface area contributed by atoms with Gasteiger partial charge in [-0.3, -0.25) is 4.79 Å². The molecule has 118 valence electrons. The molecule has 1 amide bonds. The summed E-state index contributed by atoms with van der Waals surface area (Å²) in [5.41, 5.74) is 1.94. The topological polar surface area (TPSA) is 79.2 Å². The molecule has 1 aliphatic rings. The number of nitrogens with zero attached hydrogens (tertiary/aromatic N) is 2. The Morgan fingerprint density at radius 1 is 1.41 bits per heavy atom. The van der Waals surface area contributed by atoms with E-state index in [0.29, 0.717) is 19.5 Å². The van der Waals surface area contributed by atoms with Crippen LogP contribution in [0.15, 0.2) is 42.7 Å². The van der Waals surface area contributed by atoms with Gasteiger partial charge in [-0.25, -0.2) is 4.68 Å². The minimum absolute atomic E-state index is 0. The van der Waals surface area contributed by atoms with Crippen LogP contribution in [-0.4, -0.2) is 39.5 Å². The van der Waals surface area contributed by atoms with Gasteiger partial charge < -0.3 is 15.7 Å². The molecule has 0 radical (unpaired) electrons. The molecule has 6 nitrogen and oxygen atoms in total. The number of aliphatic hydroxyl groups excluding tert-OH is 1. The average molecular weight is 323 g/mol. The average Bonchev–Trinajstić information content (AvgIpc) is 3.16. The van der Waals surface area contributed by atoms with Crippen molar-refractivity contribution in [1.29, 1.82) is 0 Å². The van der Waals surface area contributed by atoms with E-state index in [9.17, 15) is 9.90 Å². The fraction of sp³-hybridized carbons (Fsp3) is 0.333. The van der Waals surface area contributed by atoms with E-state index in [4.69, 9.17) is 0 Å². The number of benzene rings is 1. The number of carbonyl (C=O) groups is 1. The molecule has 2 unspecified atom stereocenters. The largest absolute Gasteiger partial charge is 0.392 e. The number of carbonyl (C=O) groups excluding carboxylic acids is 1. The zero-order chi connectivity index (χ0) is 14.7. The SMILES string of the molecule is Cl.O=C(NCc1ccccc1-n1cccn1)C1CC(O)CN1. The molecule has 3 N–H and O–H groups in total. The molecule has 2 heterocycles. The molecule has 1 fully saturated rings. The van der Waals surface area contributed by atoms with E-state index in [0.717, 1.165) is 11.3 Å². The summed E-state index contributed by atoms with van der Waals surface area (Å²) in [6, 6.07) is 9.36. The van der Waals surface area contributed by atoms with Crippen molar-refractivity contribution in [2.45, 2.75) is 25.1 Å². The Hall–Kier alpha value is -1.89. The summed E-state index contributed by atoms with van der Waals surface area (Å²) in [6.45, 7) is 0.908. The van der Waals surface area contributed by atoms with E-state index < -0.39 is 6.10 Å². The van der Waals surface area contributed by atoms with E-state index in [1.807, 2.05) is 36.5 Å². The van der Waals surface area contributed by atoms with Gasteiger partial charge in [0.2, 0.25) is 5.91 Å². The summed E-state index contributed by atoms with van der Waals surface area (Å²) >= 11 is 0. The summed E-state index contributed by atoms with van der Waals surface area (Å²) in [4.78, 5) is 12.1. The second kappa shape index (κ2) is 7.40. The smallest absolute Gasteiger partial charge is 0.237 e. The quantitative estimate of drug-likeness (QED) is 0.771. The maximum Gasteiger partial charge on any atom is 0.237 e. The molecular formula is C15H19ClN4O2. The van der Waals surface area contributed by atoms with Gasteiger partial charge in [0.05, 0.1) is 17.8 Å². The fourth-order valence-corrected chi connectivity index (χ4v) is 2.52. The van der Waals surface area contributed by atoms with Crippen molar-refractivity contribution in [3.8, 4) is 5.69 Å². The van der Waals surface area contributed by atoms with Gasteiger partial charge in [0.15, 0.2) is 0 Å². The molecule has 2 atom stereocenters. The third-order valence-corrected chi connectivity index (χ3v) is 3.62. The third kappa shape index (κ3) is 3.65. The molecule has 0 spiro atoms. The summed E-state index contributed by atoms with van der Waals surface area (Å²) in [5, 5.41) is 19.6. The van der Waals surface area contributed by atoms with E-state index in [-0.39, 0.29) is 24.4 Å². The van der Waals surface area contributed by atoms with Crippen molar-refractivity contribution in [3.05, 3.63) is 48.3 Å². The highest BCUT2D eigenvalue weighted by Crippen LogP contribution is 2.13. The van der Waals surface area contributed by atoms with E-state index in [1.54, 1.807) is 10.9 Å². The van der Waals surface area contributed by atoms with Crippen molar-refractivity contribution in [2.24, 2.45) is 0 Å². The Bertz CT molecular complexity index is 618. The normalized spacial score (nSPS) is 20.4. The summed E-state index contributed by atoms with van der Waals surface area (Å²) in [6.07, 6.45) is 3.62. The lowest BCUT2D eigenvalue weighted by Gasteiger charge is -2.13. The molecule has 1 saturated heterocycles. The Morgan fingerprint density at radius 3 is 2.91 bits per heavy atom. The molecular weight excluding hydrogens is 304 g/mol. The summed E-state index contributed by atoms with van der Waals surface area (Å²) in [7, 11) is 0. The highest BCUT2D eigenvalue weighted by molar-refractivity contribution is 5.85. The van der Waals surface area contributed by atoms with E-state index in [1.165, 1.54) is 0 Å². The van der Waals surface area contributed by atoms with Gasteiger partial charge in [-0.1, -0.05) is 18.2 Å². The Kier molecular flexibility index (Phi) is 5.54. The van der Waals surface area contributed by atoms with Crippen LogP contribution in [0.5, 0.6) is 0 Å². The van der Waals surface area contributed by atoms with Gasteiger partial charge in [-0.2, -0.15) is 5.10 Å². The maximum atomic E-state index is 12.1. The molecule has 2 aromatic rings. The van der Waals surface area contributed by atoms with Gasteiger partial charge in [-0.05, 0) is 24.1 Å². The fourth-order valence-electron chi connectivity index (χ4n) is 2.52. The molecule has 1 aliphatic heterocycles. The minimum atomic E-state index is -0.433. The van der Waals surface area contributed by atoms with Gasteiger partial charge >= 0.3 is 0 Å². The first kappa shape index (κ1) is 16.5. The minimum Gasteiger partial charge on any atom is -0.392 e. The maximum absolute atomic E-state index is 12.1. The molecule has 1 aromatic carbocycles. The van der Waals surface area contributed by atoms with Crippen molar-refractivity contribution >= 4 is 18.3 Å². The van der Waals surface area contributed by atoms with Crippen molar-refractivity contribution in [2.75, 3.05) is 6.54 Å². The van der Waals surface area contributed by atoms with Crippen LogP contribution in [0.25, 0.3) is 5.69 Å². The van der Waals surface area contributed by atoms with Crippen LogP contribution < -0.4 is 10.6 Å². The van der Waals surface area contributed by atoms with Crippen LogP contribution in [0.4, 0.5) is 0 Å². The van der Waals surface area contributed by atoms with Crippen LogP contribution in [0.2, 0.25) is 0 Å². The number of nitrogens with one attached hydrogen (secondary N) is 2. The second-order valence-electron chi connectivity index (χ2n) is 5.15. The molecule has 7 heteroatoms. The first-order valence-corrected chi connectivity index (χ1v) is 7.01. The van der Waals surface area contributed by atoms with Crippen molar-refractivity contribution in [3.63, 3.8) is 0 Å². The summed E-state index contributed by atoms with van der Waals surface area (Å²) in [5.74, 6) is -0.0816. The van der Waals surface area contributed by atoms with Crippen LogP contribution in [0.3, 0.4) is 0 Å². The van der Waals surface area contributed by atoms with Gasteiger partial charge in [0, 0.05) is 25.5 Å². The molecule has 22 heavy (non-hydrogen) atoms. The monoisotopic (exact) mass is 322 g/mol. The number of halogens is 1. The number of para-hydroxylation sites is 1. The lowest BCUT2D eigenvalue weighted by molar-refractivity contribution is -0.123. The number of amides is 1. The molecule has 1 aromatic heterocycles. The highest BCUT2D eigenvalue weighted by Gasteiger charge is 2.27. The summed E-state index contributed by atoms with van der Waals surface area (Å²) < 4.78 is 1.78. The number of hydrogen-bond acceptors (Lipinski definition) is 4. The lowest BCUT2D eigenvalue weighted by Crippen LogP contribution is -2.40. The number of β-amino-alcohol motifs (C(OH)–C–C–N with tert-alkyl or cyclic N) is 1.